The van der Waals surface area contributed by atoms with Gasteiger partial charge < -0.3 is 0 Å². The van der Waals surface area contributed by atoms with Crippen LogP contribution in [0.5, 0.6) is 0 Å². The molecule has 16 heavy (non-hydrogen) atoms. The van der Waals surface area contributed by atoms with Crippen LogP contribution >= 0.6 is 11.6 Å². The van der Waals surface area contributed by atoms with Crippen LogP contribution in [0, 0.1) is 11.3 Å². The van der Waals surface area contributed by atoms with E-state index in [1.807, 2.05) is 6.07 Å². The van der Waals surface area contributed by atoms with Crippen LogP contribution in [0.1, 0.15) is 5.56 Å². The molecule has 0 fully saturated rings. The van der Waals surface area contributed by atoms with Gasteiger partial charge in [-0.3, -0.25) is 4.72 Å². The molecule has 0 aliphatic rings. The highest BCUT2D eigenvalue weighted by atomic mass is 35.5. The Hall–Kier alpha value is -1.29. The van der Waals surface area contributed by atoms with Crippen LogP contribution in [0.15, 0.2) is 18.2 Å². The van der Waals surface area contributed by atoms with E-state index in [9.17, 15) is 8.42 Å². The topological polar surface area (TPSA) is 73.2 Å². The van der Waals surface area contributed by atoms with Crippen molar-refractivity contribution in [3.8, 4) is 6.07 Å². The molecule has 0 heterocycles. The first-order chi connectivity index (χ1) is 7.36. The molecule has 0 spiro atoms. The molecule has 86 valence electrons. The number of hydrogen-bond acceptors (Lipinski definition) is 3. The summed E-state index contributed by atoms with van der Waals surface area (Å²) in [7, 11) is -0.772. The number of hydrogen-bond donors (Lipinski definition) is 1. The molecule has 7 heteroatoms. The summed E-state index contributed by atoms with van der Waals surface area (Å²) in [6.45, 7) is 0. The first-order valence-electron chi connectivity index (χ1n) is 4.27. The van der Waals surface area contributed by atoms with Gasteiger partial charge in [-0.25, -0.2) is 0 Å². The largest absolute Gasteiger partial charge is 0.301 e. The lowest BCUT2D eigenvalue weighted by atomic mass is 10.2. The second-order valence-corrected chi connectivity index (χ2v) is 5.49. The van der Waals surface area contributed by atoms with Gasteiger partial charge in [0.1, 0.15) is 0 Å². The minimum atomic E-state index is -3.58. The average Bonchev–Trinajstić information content (AvgIpc) is 2.20. The molecule has 0 unspecified atom stereocenters. The molecule has 0 aromatic heterocycles. The summed E-state index contributed by atoms with van der Waals surface area (Å²) in [5.41, 5.74) is 0.618. The van der Waals surface area contributed by atoms with E-state index in [-0.39, 0.29) is 10.7 Å². The Morgan fingerprint density at radius 1 is 1.44 bits per heavy atom. The fourth-order valence-corrected chi connectivity index (χ4v) is 1.82. The summed E-state index contributed by atoms with van der Waals surface area (Å²) in [5.74, 6) is 0. The van der Waals surface area contributed by atoms with Gasteiger partial charge in [0, 0.05) is 14.1 Å². The Labute approximate surface area is 99.4 Å². The van der Waals surface area contributed by atoms with Crippen LogP contribution < -0.4 is 4.72 Å². The van der Waals surface area contributed by atoms with Crippen molar-refractivity contribution in [2.24, 2.45) is 0 Å². The van der Waals surface area contributed by atoms with Crippen molar-refractivity contribution in [3.63, 3.8) is 0 Å². The molecule has 0 amide bonds. The minimum Gasteiger partial charge on any atom is -0.269 e. The summed E-state index contributed by atoms with van der Waals surface area (Å²) in [4.78, 5) is 0. The quantitative estimate of drug-likeness (QED) is 0.892. The molecule has 0 radical (unpaired) electrons. The van der Waals surface area contributed by atoms with Crippen LogP contribution in [0.4, 0.5) is 5.69 Å². The summed E-state index contributed by atoms with van der Waals surface area (Å²) in [5, 5.41) is 8.80. The highest BCUT2D eigenvalue weighted by Crippen LogP contribution is 2.23. The van der Waals surface area contributed by atoms with E-state index in [0.717, 1.165) is 4.31 Å². The zero-order chi connectivity index (χ0) is 12.3. The molecule has 0 saturated heterocycles. The SMILES string of the molecule is CN(C)S(=O)(=O)Nc1ccc(C#N)cc1Cl. The molecule has 1 aromatic carbocycles. The summed E-state index contributed by atoms with van der Waals surface area (Å²) in [6.07, 6.45) is 0. The standard InChI is InChI=1S/C9H10ClN3O2S/c1-13(2)16(14,15)12-9-4-3-7(6-11)5-8(9)10/h3-5,12H,1-2H3. The summed E-state index contributed by atoms with van der Waals surface area (Å²) in [6, 6.07) is 6.24. The number of nitrogens with zero attached hydrogens (tertiary/aromatic N) is 2. The molecule has 0 bridgehead atoms. The van der Waals surface area contributed by atoms with Crippen LogP contribution in [0.25, 0.3) is 0 Å². The number of rotatable bonds is 3. The Morgan fingerprint density at radius 3 is 2.50 bits per heavy atom. The van der Waals surface area contributed by atoms with Gasteiger partial charge >= 0.3 is 10.2 Å². The zero-order valence-electron chi connectivity index (χ0n) is 8.73. The third-order valence-corrected chi connectivity index (χ3v) is 3.57. The maximum absolute atomic E-state index is 11.5. The monoisotopic (exact) mass is 259 g/mol. The third kappa shape index (κ3) is 2.85. The van der Waals surface area contributed by atoms with E-state index in [0.29, 0.717) is 5.56 Å². The van der Waals surface area contributed by atoms with Crippen molar-refractivity contribution < 1.29 is 8.42 Å². The maximum Gasteiger partial charge on any atom is 0.301 e. The number of benzene rings is 1. The predicted octanol–water partition coefficient (Wildman–Crippen LogP) is 1.43. The fraction of sp³-hybridized carbons (Fsp3) is 0.222. The second kappa shape index (κ2) is 4.70. The lowest BCUT2D eigenvalue weighted by Crippen LogP contribution is -2.29. The second-order valence-electron chi connectivity index (χ2n) is 3.20. The Kier molecular flexibility index (Phi) is 3.75. The highest BCUT2D eigenvalue weighted by Gasteiger charge is 2.14. The molecule has 1 aromatic rings. The molecule has 0 saturated carbocycles. The van der Waals surface area contributed by atoms with Crippen LogP contribution in [0.3, 0.4) is 0 Å². The van der Waals surface area contributed by atoms with Crippen molar-refractivity contribution in [3.05, 3.63) is 28.8 Å². The Bertz CT molecular complexity index is 534. The first kappa shape index (κ1) is 12.8. The molecular formula is C9H10ClN3O2S. The van der Waals surface area contributed by atoms with E-state index in [4.69, 9.17) is 16.9 Å². The minimum absolute atomic E-state index is 0.185. The van der Waals surface area contributed by atoms with Crippen molar-refractivity contribution in [1.29, 1.82) is 5.26 Å². The lowest BCUT2D eigenvalue weighted by molar-refractivity contribution is 0.527. The molecule has 1 N–H and O–H groups in total. The van der Waals surface area contributed by atoms with E-state index in [1.54, 1.807) is 0 Å². The van der Waals surface area contributed by atoms with Crippen molar-refractivity contribution in [2.75, 3.05) is 18.8 Å². The van der Waals surface area contributed by atoms with Gasteiger partial charge in [0.25, 0.3) is 0 Å². The van der Waals surface area contributed by atoms with Gasteiger partial charge in [-0.05, 0) is 18.2 Å². The van der Waals surface area contributed by atoms with E-state index in [1.165, 1.54) is 32.3 Å². The Balaban J connectivity index is 3.05. The molecule has 5 nitrogen and oxygen atoms in total. The van der Waals surface area contributed by atoms with Gasteiger partial charge in [0.2, 0.25) is 0 Å². The number of nitrogens with one attached hydrogen (secondary N) is 1. The average molecular weight is 260 g/mol. The van der Waals surface area contributed by atoms with Crippen LogP contribution in [-0.2, 0) is 10.2 Å². The zero-order valence-corrected chi connectivity index (χ0v) is 10.3. The van der Waals surface area contributed by atoms with E-state index >= 15 is 0 Å². The van der Waals surface area contributed by atoms with Gasteiger partial charge in [-0.1, -0.05) is 11.6 Å². The van der Waals surface area contributed by atoms with Crippen LogP contribution in [0.2, 0.25) is 5.02 Å². The molecule has 0 atom stereocenters. The smallest absolute Gasteiger partial charge is 0.269 e. The highest BCUT2D eigenvalue weighted by molar-refractivity contribution is 7.90. The molecule has 0 aliphatic heterocycles. The van der Waals surface area contributed by atoms with Gasteiger partial charge in [-0.2, -0.15) is 18.0 Å². The number of nitriles is 1. The summed E-state index contributed by atoms with van der Waals surface area (Å²) < 4.78 is 26.3. The van der Waals surface area contributed by atoms with E-state index < -0.39 is 10.2 Å². The predicted molar refractivity (Wildman–Crippen MR) is 62.4 cm³/mol. The first-order valence-corrected chi connectivity index (χ1v) is 6.08. The fourth-order valence-electron chi connectivity index (χ4n) is 0.898. The Morgan fingerprint density at radius 2 is 2.06 bits per heavy atom. The molecular weight excluding hydrogens is 250 g/mol. The van der Waals surface area contributed by atoms with Crippen molar-refractivity contribution in [1.82, 2.24) is 4.31 Å². The van der Waals surface area contributed by atoms with Gasteiger partial charge in [0.05, 0.1) is 22.3 Å². The maximum atomic E-state index is 11.5. The molecule has 0 aliphatic carbocycles. The normalized spacial score (nSPS) is 11.2. The van der Waals surface area contributed by atoms with Gasteiger partial charge in [-0.15, -0.1) is 0 Å². The van der Waals surface area contributed by atoms with Crippen molar-refractivity contribution >= 4 is 27.5 Å². The van der Waals surface area contributed by atoms with Gasteiger partial charge in [0.15, 0.2) is 0 Å². The van der Waals surface area contributed by atoms with Crippen molar-refractivity contribution in [2.45, 2.75) is 0 Å². The molecule has 1 rings (SSSR count). The third-order valence-electron chi connectivity index (χ3n) is 1.82. The number of anilines is 1. The van der Waals surface area contributed by atoms with E-state index in [2.05, 4.69) is 4.72 Å². The number of halogens is 1. The van der Waals surface area contributed by atoms with Crippen LogP contribution in [-0.4, -0.2) is 26.8 Å². The lowest BCUT2D eigenvalue weighted by Gasteiger charge is -2.14. The summed E-state index contributed by atoms with van der Waals surface area (Å²) >= 11 is 5.82.